The highest BCUT2D eigenvalue weighted by Crippen LogP contribution is 2.25. The number of aryl methyl sites for hydroxylation is 2. The number of hydrogen-bond donors (Lipinski definition) is 1. The molecule has 0 heterocycles. The maximum atomic E-state index is 11.8. The topological polar surface area (TPSA) is 73.9 Å². The molecule has 1 aliphatic carbocycles. The second-order valence-electron chi connectivity index (χ2n) is 6.68. The standard InChI is InChI=1S/C22H25NO5/c1-26-19-8-5-16(6-9-19)11-12-23-21(24)14-28-22(25)15-27-20-10-7-17-3-2-4-18(17)13-20/h5-10,13H,2-4,11-12,14-15H2,1H3,(H,23,24). The van der Waals surface area contributed by atoms with Crippen LogP contribution in [0.1, 0.15) is 23.1 Å². The molecule has 0 atom stereocenters. The Balaban J connectivity index is 1.31. The highest BCUT2D eigenvalue weighted by Gasteiger charge is 2.13. The quantitative estimate of drug-likeness (QED) is 0.674. The lowest BCUT2D eigenvalue weighted by Gasteiger charge is -2.09. The second-order valence-corrected chi connectivity index (χ2v) is 6.68. The number of rotatable bonds is 9. The Morgan fingerprint density at radius 1 is 0.964 bits per heavy atom. The Bertz CT molecular complexity index is 816. The molecular weight excluding hydrogens is 358 g/mol. The number of carbonyl (C=O) groups excluding carboxylic acids is 2. The van der Waals surface area contributed by atoms with E-state index in [9.17, 15) is 9.59 Å². The number of carbonyl (C=O) groups is 2. The summed E-state index contributed by atoms with van der Waals surface area (Å²) in [6, 6.07) is 13.5. The van der Waals surface area contributed by atoms with Gasteiger partial charge < -0.3 is 19.5 Å². The fourth-order valence-electron chi connectivity index (χ4n) is 3.16. The van der Waals surface area contributed by atoms with Crippen molar-refractivity contribution in [3.8, 4) is 11.5 Å². The van der Waals surface area contributed by atoms with Gasteiger partial charge in [0.2, 0.25) is 0 Å². The van der Waals surface area contributed by atoms with Crippen molar-refractivity contribution >= 4 is 11.9 Å². The van der Waals surface area contributed by atoms with Gasteiger partial charge in [0.15, 0.2) is 13.2 Å². The molecule has 1 aliphatic rings. The van der Waals surface area contributed by atoms with Crippen LogP contribution in [0.25, 0.3) is 0 Å². The summed E-state index contributed by atoms with van der Waals surface area (Å²) >= 11 is 0. The zero-order valence-electron chi connectivity index (χ0n) is 16.0. The van der Waals surface area contributed by atoms with Crippen LogP contribution in [0, 0.1) is 0 Å². The molecule has 0 saturated heterocycles. The predicted octanol–water partition coefficient (Wildman–Crippen LogP) is 2.46. The molecule has 0 radical (unpaired) electrons. The minimum absolute atomic E-state index is 0.210. The molecule has 28 heavy (non-hydrogen) atoms. The number of nitrogens with one attached hydrogen (secondary N) is 1. The molecule has 0 aromatic heterocycles. The molecule has 3 rings (SSSR count). The van der Waals surface area contributed by atoms with Crippen molar-refractivity contribution < 1.29 is 23.8 Å². The molecule has 0 spiro atoms. The van der Waals surface area contributed by atoms with Gasteiger partial charge in [-0.1, -0.05) is 18.2 Å². The van der Waals surface area contributed by atoms with Gasteiger partial charge in [0.25, 0.3) is 5.91 Å². The van der Waals surface area contributed by atoms with Gasteiger partial charge in [0, 0.05) is 6.54 Å². The van der Waals surface area contributed by atoms with E-state index in [4.69, 9.17) is 14.2 Å². The monoisotopic (exact) mass is 383 g/mol. The van der Waals surface area contributed by atoms with Crippen LogP contribution in [0.4, 0.5) is 0 Å². The van der Waals surface area contributed by atoms with E-state index in [1.165, 1.54) is 11.1 Å². The fourth-order valence-corrected chi connectivity index (χ4v) is 3.16. The van der Waals surface area contributed by atoms with Crippen LogP contribution in [0.2, 0.25) is 0 Å². The number of benzene rings is 2. The summed E-state index contributed by atoms with van der Waals surface area (Å²) in [5.74, 6) is 0.550. The summed E-state index contributed by atoms with van der Waals surface area (Å²) in [4.78, 5) is 23.6. The van der Waals surface area contributed by atoms with Crippen molar-refractivity contribution in [2.75, 3.05) is 26.9 Å². The Morgan fingerprint density at radius 3 is 2.50 bits per heavy atom. The highest BCUT2D eigenvalue weighted by molar-refractivity contribution is 5.80. The summed E-state index contributed by atoms with van der Waals surface area (Å²) in [5, 5.41) is 2.73. The third kappa shape index (κ3) is 5.74. The average Bonchev–Trinajstić information content (AvgIpc) is 3.19. The molecule has 0 fully saturated rings. The van der Waals surface area contributed by atoms with Gasteiger partial charge in [-0.2, -0.15) is 0 Å². The average molecular weight is 383 g/mol. The molecule has 6 nitrogen and oxygen atoms in total. The van der Waals surface area contributed by atoms with Crippen molar-refractivity contribution in [2.45, 2.75) is 25.7 Å². The smallest absolute Gasteiger partial charge is 0.344 e. The number of fused-ring (bicyclic) bond motifs is 1. The van der Waals surface area contributed by atoms with E-state index in [-0.39, 0.29) is 19.1 Å². The van der Waals surface area contributed by atoms with Crippen molar-refractivity contribution in [3.05, 3.63) is 59.2 Å². The molecule has 2 aromatic carbocycles. The van der Waals surface area contributed by atoms with E-state index in [2.05, 4.69) is 5.32 Å². The first kappa shape index (κ1) is 19.7. The first-order chi connectivity index (χ1) is 13.6. The summed E-state index contributed by atoms with van der Waals surface area (Å²) in [6.45, 7) is -0.0543. The maximum Gasteiger partial charge on any atom is 0.344 e. The number of amides is 1. The first-order valence-electron chi connectivity index (χ1n) is 9.44. The summed E-state index contributed by atoms with van der Waals surface area (Å²) in [5.41, 5.74) is 3.71. The Labute approximate surface area is 164 Å². The zero-order chi connectivity index (χ0) is 19.8. The molecular formula is C22H25NO5. The van der Waals surface area contributed by atoms with Crippen LogP contribution in [0.5, 0.6) is 11.5 Å². The van der Waals surface area contributed by atoms with Crippen LogP contribution in [0.15, 0.2) is 42.5 Å². The molecule has 6 heteroatoms. The van der Waals surface area contributed by atoms with Crippen LogP contribution in [-0.4, -0.2) is 38.7 Å². The maximum absolute atomic E-state index is 11.8. The fraction of sp³-hybridized carbons (Fsp3) is 0.364. The number of ether oxygens (including phenoxy) is 3. The number of methoxy groups -OCH3 is 1. The van der Waals surface area contributed by atoms with E-state index in [0.717, 1.165) is 30.6 Å². The summed E-state index contributed by atoms with van der Waals surface area (Å²) < 4.78 is 15.5. The van der Waals surface area contributed by atoms with Gasteiger partial charge >= 0.3 is 5.97 Å². The van der Waals surface area contributed by atoms with Crippen LogP contribution in [-0.2, 0) is 33.6 Å². The third-order valence-electron chi connectivity index (χ3n) is 4.69. The predicted molar refractivity (Wildman–Crippen MR) is 105 cm³/mol. The van der Waals surface area contributed by atoms with E-state index in [1.54, 1.807) is 7.11 Å². The third-order valence-corrected chi connectivity index (χ3v) is 4.69. The van der Waals surface area contributed by atoms with Gasteiger partial charge in [-0.15, -0.1) is 0 Å². The van der Waals surface area contributed by atoms with Gasteiger partial charge in [0.05, 0.1) is 7.11 Å². The van der Waals surface area contributed by atoms with E-state index in [0.29, 0.717) is 18.7 Å². The number of hydrogen-bond acceptors (Lipinski definition) is 5. The Kier molecular flexibility index (Phi) is 6.89. The van der Waals surface area contributed by atoms with Gasteiger partial charge in [-0.25, -0.2) is 4.79 Å². The van der Waals surface area contributed by atoms with Crippen molar-refractivity contribution in [3.63, 3.8) is 0 Å². The van der Waals surface area contributed by atoms with Crippen molar-refractivity contribution in [2.24, 2.45) is 0 Å². The van der Waals surface area contributed by atoms with Crippen LogP contribution >= 0.6 is 0 Å². The molecule has 0 saturated carbocycles. The molecule has 0 aliphatic heterocycles. The van der Waals surface area contributed by atoms with Gasteiger partial charge in [-0.3, -0.25) is 4.79 Å². The van der Waals surface area contributed by atoms with Crippen molar-refractivity contribution in [1.29, 1.82) is 0 Å². The lowest BCUT2D eigenvalue weighted by atomic mass is 10.1. The van der Waals surface area contributed by atoms with Gasteiger partial charge in [-0.05, 0) is 66.6 Å². The summed E-state index contributed by atoms with van der Waals surface area (Å²) in [6.07, 6.45) is 4.00. The molecule has 0 bridgehead atoms. The molecule has 148 valence electrons. The van der Waals surface area contributed by atoms with Crippen molar-refractivity contribution in [1.82, 2.24) is 5.32 Å². The summed E-state index contributed by atoms with van der Waals surface area (Å²) in [7, 11) is 1.62. The van der Waals surface area contributed by atoms with Crippen LogP contribution in [0.3, 0.4) is 0 Å². The molecule has 0 unspecified atom stereocenters. The van der Waals surface area contributed by atoms with E-state index < -0.39 is 5.97 Å². The Morgan fingerprint density at radius 2 is 1.71 bits per heavy atom. The Hall–Kier alpha value is -3.02. The van der Waals surface area contributed by atoms with Crippen LogP contribution < -0.4 is 14.8 Å². The largest absolute Gasteiger partial charge is 0.497 e. The van der Waals surface area contributed by atoms with E-state index >= 15 is 0 Å². The highest BCUT2D eigenvalue weighted by atomic mass is 16.6. The zero-order valence-corrected chi connectivity index (χ0v) is 16.0. The minimum atomic E-state index is -0.564. The normalized spacial score (nSPS) is 12.2. The minimum Gasteiger partial charge on any atom is -0.497 e. The molecule has 1 amide bonds. The molecule has 2 aromatic rings. The van der Waals surface area contributed by atoms with E-state index in [1.807, 2.05) is 42.5 Å². The SMILES string of the molecule is COc1ccc(CCNC(=O)COC(=O)COc2ccc3c(c2)CCC3)cc1. The lowest BCUT2D eigenvalue weighted by Crippen LogP contribution is -2.31. The first-order valence-corrected chi connectivity index (χ1v) is 9.44. The lowest BCUT2D eigenvalue weighted by molar-refractivity contribution is -0.150. The second kappa shape index (κ2) is 9.78. The number of esters is 1. The van der Waals surface area contributed by atoms with Gasteiger partial charge in [0.1, 0.15) is 11.5 Å². The molecule has 1 N–H and O–H groups in total.